The van der Waals surface area contributed by atoms with Gasteiger partial charge >= 0.3 is 0 Å². The Morgan fingerprint density at radius 2 is 2.30 bits per heavy atom. The smallest absolute Gasteiger partial charge is 0.233 e. The highest BCUT2D eigenvalue weighted by atomic mass is 35.5. The maximum atomic E-state index is 4.57. The van der Waals surface area contributed by atoms with Crippen LogP contribution in [0.1, 0.15) is 25.0 Å². The first-order valence-corrected chi connectivity index (χ1v) is 7.02. The molecule has 6 heteroatoms. The van der Waals surface area contributed by atoms with Crippen LogP contribution in [-0.4, -0.2) is 45.4 Å². The lowest BCUT2D eigenvalue weighted by Gasteiger charge is -2.25. The van der Waals surface area contributed by atoms with E-state index in [1.54, 1.807) is 6.20 Å². The molecule has 0 radical (unpaired) electrons. The zero-order valence-corrected chi connectivity index (χ0v) is 12.6. The molecule has 0 aromatic carbocycles. The van der Waals surface area contributed by atoms with Gasteiger partial charge in [-0.25, -0.2) is 9.97 Å². The Labute approximate surface area is 125 Å². The van der Waals surface area contributed by atoms with Crippen molar-refractivity contribution in [3.05, 3.63) is 30.4 Å². The maximum Gasteiger partial charge on any atom is 0.233 e. The molecule has 0 aliphatic carbocycles. The molecule has 0 amide bonds. The van der Waals surface area contributed by atoms with Crippen molar-refractivity contribution in [2.24, 2.45) is 0 Å². The van der Waals surface area contributed by atoms with Crippen molar-refractivity contribution in [1.29, 1.82) is 0 Å². The number of rotatable bonds is 3. The molecule has 2 aromatic heterocycles. The summed E-state index contributed by atoms with van der Waals surface area (Å²) in [6.07, 6.45) is 9.62. The van der Waals surface area contributed by atoms with Crippen LogP contribution >= 0.6 is 12.4 Å². The summed E-state index contributed by atoms with van der Waals surface area (Å²) < 4.78 is 1.98. The monoisotopic (exact) mass is 295 g/mol. The fourth-order valence-corrected chi connectivity index (χ4v) is 2.78. The summed E-state index contributed by atoms with van der Waals surface area (Å²) in [5.41, 5.74) is 1.10. The molecule has 110 valence electrons. The maximum absolute atomic E-state index is 4.57. The first kappa shape index (κ1) is 15.2. The van der Waals surface area contributed by atoms with Crippen LogP contribution in [0.2, 0.25) is 0 Å². The Kier molecular flexibility index (Phi) is 5.34. The summed E-state index contributed by atoms with van der Waals surface area (Å²) in [7, 11) is 2.20. The highest BCUT2D eigenvalue weighted by molar-refractivity contribution is 5.85. The fraction of sp³-hybridized carbons (Fsp3) is 0.571. The molecule has 2 aromatic rings. The average molecular weight is 296 g/mol. The number of imidazole rings is 1. The minimum atomic E-state index is 0. The zero-order chi connectivity index (χ0) is 13.1. The third-order valence-electron chi connectivity index (χ3n) is 3.87. The van der Waals surface area contributed by atoms with Crippen LogP contribution in [0.15, 0.2) is 24.7 Å². The Hall–Kier alpha value is -1.17. The molecule has 1 atom stereocenters. The third-order valence-corrected chi connectivity index (χ3v) is 3.87. The van der Waals surface area contributed by atoms with E-state index in [0.29, 0.717) is 6.04 Å². The number of halogens is 1. The highest BCUT2D eigenvalue weighted by Gasteiger charge is 2.17. The summed E-state index contributed by atoms with van der Waals surface area (Å²) in [6, 6.07) is 2.59. The van der Waals surface area contributed by atoms with Crippen molar-refractivity contribution in [2.75, 3.05) is 20.1 Å². The Balaban J connectivity index is 0.00000147. The second-order valence-corrected chi connectivity index (χ2v) is 5.31. The minimum Gasteiger partial charge on any atom is -0.317 e. The van der Waals surface area contributed by atoms with Crippen LogP contribution in [0.5, 0.6) is 0 Å². The van der Waals surface area contributed by atoms with E-state index in [2.05, 4.69) is 33.4 Å². The summed E-state index contributed by atoms with van der Waals surface area (Å²) in [4.78, 5) is 11.3. The predicted molar refractivity (Wildman–Crippen MR) is 82.2 cm³/mol. The number of fused-ring (bicyclic) bond motifs is 1. The molecule has 3 heterocycles. The van der Waals surface area contributed by atoms with Crippen molar-refractivity contribution in [1.82, 2.24) is 24.6 Å². The van der Waals surface area contributed by atoms with Gasteiger partial charge in [0.15, 0.2) is 0 Å². The lowest BCUT2D eigenvalue weighted by molar-refractivity contribution is 0.214. The van der Waals surface area contributed by atoms with Crippen molar-refractivity contribution in [3.63, 3.8) is 0 Å². The standard InChI is InChI=1S/C14H21N5.ClH/c1-18(13-4-2-6-15-8-5-13)10-12-11-19-9-3-7-16-14(19)17-12;/h3,7,9,11,13,15H,2,4-6,8,10H2,1H3;1H. The molecule has 5 nitrogen and oxygen atoms in total. The molecule has 1 aliphatic heterocycles. The Bertz CT molecular complexity index is 500. The quantitative estimate of drug-likeness (QED) is 0.937. The lowest BCUT2D eigenvalue weighted by atomic mass is 10.1. The third kappa shape index (κ3) is 3.48. The van der Waals surface area contributed by atoms with Crippen LogP contribution in [0.25, 0.3) is 5.78 Å². The topological polar surface area (TPSA) is 45.5 Å². The van der Waals surface area contributed by atoms with E-state index < -0.39 is 0 Å². The van der Waals surface area contributed by atoms with Crippen molar-refractivity contribution in [2.45, 2.75) is 31.8 Å². The molecule has 1 fully saturated rings. The highest BCUT2D eigenvalue weighted by Crippen LogP contribution is 2.14. The van der Waals surface area contributed by atoms with Gasteiger partial charge in [0.2, 0.25) is 5.78 Å². The number of aromatic nitrogens is 3. The van der Waals surface area contributed by atoms with E-state index in [1.807, 2.05) is 16.7 Å². The van der Waals surface area contributed by atoms with Gasteiger partial charge in [-0.05, 0) is 45.5 Å². The van der Waals surface area contributed by atoms with Gasteiger partial charge in [0.1, 0.15) is 0 Å². The van der Waals surface area contributed by atoms with Crippen molar-refractivity contribution < 1.29 is 0 Å². The number of hydrogen-bond acceptors (Lipinski definition) is 4. The van der Waals surface area contributed by atoms with Crippen LogP contribution in [0.3, 0.4) is 0 Å². The van der Waals surface area contributed by atoms with Gasteiger partial charge in [0.25, 0.3) is 0 Å². The van der Waals surface area contributed by atoms with Gasteiger partial charge in [0.05, 0.1) is 5.69 Å². The number of hydrogen-bond donors (Lipinski definition) is 1. The summed E-state index contributed by atoms with van der Waals surface area (Å²) >= 11 is 0. The van der Waals surface area contributed by atoms with Crippen LogP contribution in [0, 0.1) is 0 Å². The molecular weight excluding hydrogens is 274 g/mol. The zero-order valence-electron chi connectivity index (χ0n) is 11.8. The molecule has 0 saturated carbocycles. The molecule has 0 spiro atoms. The molecule has 0 bridgehead atoms. The van der Waals surface area contributed by atoms with Gasteiger partial charge in [-0.15, -0.1) is 12.4 Å². The van der Waals surface area contributed by atoms with Crippen molar-refractivity contribution >= 4 is 18.2 Å². The van der Waals surface area contributed by atoms with Crippen LogP contribution in [0.4, 0.5) is 0 Å². The minimum absolute atomic E-state index is 0. The summed E-state index contributed by atoms with van der Waals surface area (Å²) in [6.45, 7) is 3.18. The molecule has 1 saturated heterocycles. The average Bonchev–Trinajstić information content (AvgIpc) is 2.63. The Morgan fingerprint density at radius 3 is 3.15 bits per heavy atom. The van der Waals surface area contributed by atoms with E-state index in [0.717, 1.165) is 31.1 Å². The van der Waals surface area contributed by atoms with E-state index >= 15 is 0 Å². The van der Waals surface area contributed by atoms with Crippen molar-refractivity contribution in [3.8, 4) is 0 Å². The molecule has 1 unspecified atom stereocenters. The van der Waals surface area contributed by atoms with Gasteiger partial charge in [-0.2, -0.15) is 0 Å². The molecule has 3 rings (SSSR count). The predicted octanol–water partition coefficient (Wildman–Crippen LogP) is 1.72. The van der Waals surface area contributed by atoms with Crippen LogP contribution < -0.4 is 5.32 Å². The largest absolute Gasteiger partial charge is 0.317 e. The molecule has 20 heavy (non-hydrogen) atoms. The van der Waals surface area contributed by atoms with Gasteiger partial charge < -0.3 is 5.32 Å². The second kappa shape index (κ2) is 7.02. The van der Waals surface area contributed by atoms with E-state index in [4.69, 9.17) is 0 Å². The molecule has 1 aliphatic rings. The fourth-order valence-electron chi connectivity index (χ4n) is 2.78. The first-order valence-electron chi connectivity index (χ1n) is 7.02. The van der Waals surface area contributed by atoms with Gasteiger partial charge in [0, 0.05) is 31.2 Å². The van der Waals surface area contributed by atoms with E-state index in [1.165, 1.54) is 19.3 Å². The normalized spacial score (nSPS) is 19.8. The lowest BCUT2D eigenvalue weighted by Crippen LogP contribution is -2.32. The van der Waals surface area contributed by atoms with E-state index in [-0.39, 0.29) is 12.4 Å². The van der Waals surface area contributed by atoms with E-state index in [9.17, 15) is 0 Å². The van der Waals surface area contributed by atoms with Gasteiger partial charge in [-0.1, -0.05) is 0 Å². The number of nitrogens with zero attached hydrogens (tertiary/aromatic N) is 4. The second-order valence-electron chi connectivity index (χ2n) is 5.31. The SMILES string of the molecule is CN(Cc1cn2cccnc2n1)C1CCCNCC1.Cl. The number of nitrogens with one attached hydrogen (secondary N) is 1. The molecule has 1 N–H and O–H groups in total. The summed E-state index contributed by atoms with van der Waals surface area (Å²) in [5, 5.41) is 3.46. The Morgan fingerprint density at radius 1 is 1.40 bits per heavy atom. The molecular formula is C14H22ClN5. The summed E-state index contributed by atoms with van der Waals surface area (Å²) in [5.74, 6) is 0.786. The van der Waals surface area contributed by atoms with Gasteiger partial charge in [-0.3, -0.25) is 9.30 Å². The van der Waals surface area contributed by atoms with Crippen LogP contribution in [-0.2, 0) is 6.54 Å². The first-order chi connectivity index (χ1) is 9.33.